The quantitative estimate of drug-likeness (QED) is 0.902. The van der Waals surface area contributed by atoms with E-state index in [9.17, 15) is 0 Å². The first-order valence-electron chi connectivity index (χ1n) is 7.53. The second-order valence-corrected chi connectivity index (χ2v) is 5.63. The Kier molecular flexibility index (Phi) is 4.05. The second kappa shape index (κ2) is 6.12. The molecule has 106 valence electrons. The molecule has 0 unspecified atom stereocenters. The molecule has 1 heterocycles. The van der Waals surface area contributed by atoms with Crippen molar-refractivity contribution in [3.63, 3.8) is 0 Å². The summed E-state index contributed by atoms with van der Waals surface area (Å²) >= 11 is 0. The van der Waals surface area contributed by atoms with Gasteiger partial charge in [-0.2, -0.15) is 0 Å². The Bertz CT molecular complexity index is 576. The minimum Gasteiger partial charge on any atom is -0.497 e. The number of hydrogen-bond acceptors (Lipinski definition) is 3. The topological polar surface area (TPSA) is 34.1 Å². The summed E-state index contributed by atoms with van der Waals surface area (Å²) in [6.07, 6.45) is 8.73. The van der Waals surface area contributed by atoms with Gasteiger partial charge in [0.2, 0.25) is 0 Å². The maximum Gasteiger partial charge on any atom is 0.133 e. The Morgan fingerprint density at radius 3 is 2.85 bits per heavy atom. The summed E-state index contributed by atoms with van der Waals surface area (Å²) in [6, 6.07) is 8.18. The van der Waals surface area contributed by atoms with Crippen LogP contribution in [0, 0.1) is 5.92 Å². The average molecular weight is 270 g/mol. The Labute approximate surface area is 120 Å². The van der Waals surface area contributed by atoms with Crippen LogP contribution in [0.25, 0.3) is 10.8 Å². The molecular formula is C17H22N2O. The Hall–Kier alpha value is -1.77. The standard InChI is InChI=1S/C17H22N2O/c1-20-15-8-7-14-9-10-18-17(16(14)11-15)19-12-13-5-3-2-4-6-13/h7-11,13H,2-6,12H2,1H3,(H,18,19). The first-order valence-corrected chi connectivity index (χ1v) is 7.53. The highest BCUT2D eigenvalue weighted by Gasteiger charge is 2.13. The van der Waals surface area contributed by atoms with E-state index in [1.165, 1.54) is 37.5 Å². The fraction of sp³-hybridized carbons (Fsp3) is 0.471. The highest BCUT2D eigenvalue weighted by atomic mass is 16.5. The van der Waals surface area contributed by atoms with Crippen molar-refractivity contribution in [2.24, 2.45) is 5.92 Å². The van der Waals surface area contributed by atoms with Gasteiger partial charge in [0.25, 0.3) is 0 Å². The van der Waals surface area contributed by atoms with Crippen molar-refractivity contribution in [3.05, 3.63) is 30.5 Å². The first-order chi connectivity index (χ1) is 9.86. The molecule has 0 radical (unpaired) electrons. The normalized spacial score (nSPS) is 16.2. The molecule has 1 aliphatic carbocycles. The molecule has 0 saturated heterocycles. The SMILES string of the molecule is COc1ccc2ccnc(NCC3CCCCC3)c2c1. The van der Waals surface area contributed by atoms with Gasteiger partial charge in [-0.25, -0.2) is 4.98 Å². The number of hydrogen-bond donors (Lipinski definition) is 1. The number of nitrogens with one attached hydrogen (secondary N) is 1. The maximum absolute atomic E-state index is 5.32. The monoisotopic (exact) mass is 270 g/mol. The third-order valence-electron chi connectivity index (χ3n) is 4.26. The number of aromatic nitrogens is 1. The van der Waals surface area contributed by atoms with Crippen LogP contribution >= 0.6 is 0 Å². The lowest BCUT2D eigenvalue weighted by atomic mass is 9.89. The lowest BCUT2D eigenvalue weighted by molar-refractivity contribution is 0.373. The van der Waals surface area contributed by atoms with E-state index in [4.69, 9.17) is 4.74 Å². The molecule has 1 fully saturated rings. The zero-order chi connectivity index (χ0) is 13.8. The van der Waals surface area contributed by atoms with Crippen LogP contribution in [-0.2, 0) is 0 Å². The summed E-state index contributed by atoms with van der Waals surface area (Å²) in [5.74, 6) is 2.66. The van der Waals surface area contributed by atoms with Crippen molar-refractivity contribution in [3.8, 4) is 5.75 Å². The van der Waals surface area contributed by atoms with E-state index >= 15 is 0 Å². The number of rotatable bonds is 4. The molecule has 0 spiro atoms. The number of fused-ring (bicyclic) bond motifs is 1. The van der Waals surface area contributed by atoms with Crippen molar-refractivity contribution < 1.29 is 4.74 Å². The second-order valence-electron chi connectivity index (χ2n) is 5.63. The molecule has 1 aliphatic rings. The number of nitrogens with zero attached hydrogens (tertiary/aromatic N) is 1. The molecule has 1 aromatic carbocycles. The fourth-order valence-electron chi connectivity index (χ4n) is 3.05. The molecule has 1 aromatic heterocycles. The molecule has 3 nitrogen and oxygen atoms in total. The highest BCUT2D eigenvalue weighted by Crippen LogP contribution is 2.27. The number of anilines is 1. The Morgan fingerprint density at radius 2 is 2.05 bits per heavy atom. The summed E-state index contributed by atoms with van der Waals surface area (Å²) in [7, 11) is 1.70. The van der Waals surface area contributed by atoms with Crippen molar-refractivity contribution in [1.82, 2.24) is 4.98 Å². The largest absolute Gasteiger partial charge is 0.497 e. The number of benzene rings is 1. The molecular weight excluding hydrogens is 248 g/mol. The van der Waals surface area contributed by atoms with Crippen molar-refractivity contribution in [1.29, 1.82) is 0 Å². The van der Waals surface area contributed by atoms with Gasteiger partial charge in [-0.05, 0) is 42.3 Å². The summed E-state index contributed by atoms with van der Waals surface area (Å²) in [5.41, 5.74) is 0. The van der Waals surface area contributed by atoms with Crippen LogP contribution in [-0.4, -0.2) is 18.6 Å². The van der Waals surface area contributed by atoms with Crippen molar-refractivity contribution in [2.75, 3.05) is 19.0 Å². The van der Waals surface area contributed by atoms with Gasteiger partial charge in [0, 0.05) is 18.1 Å². The van der Waals surface area contributed by atoms with E-state index in [0.29, 0.717) is 0 Å². The van der Waals surface area contributed by atoms with Gasteiger partial charge in [0.05, 0.1) is 7.11 Å². The summed E-state index contributed by atoms with van der Waals surface area (Å²) < 4.78 is 5.32. The van der Waals surface area contributed by atoms with Crippen LogP contribution < -0.4 is 10.1 Å². The number of ether oxygens (including phenoxy) is 1. The van der Waals surface area contributed by atoms with Gasteiger partial charge in [-0.3, -0.25) is 0 Å². The van der Waals surface area contributed by atoms with Crippen molar-refractivity contribution >= 4 is 16.6 Å². The van der Waals surface area contributed by atoms with E-state index in [2.05, 4.69) is 22.4 Å². The predicted molar refractivity (Wildman–Crippen MR) is 83.4 cm³/mol. The fourth-order valence-corrected chi connectivity index (χ4v) is 3.05. The highest BCUT2D eigenvalue weighted by molar-refractivity contribution is 5.92. The van der Waals surface area contributed by atoms with Gasteiger partial charge >= 0.3 is 0 Å². The van der Waals surface area contributed by atoms with Crippen LogP contribution in [0.1, 0.15) is 32.1 Å². The summed E-state index contributed by atoms with van der Waals surface area (Å²) in [5, 5.41) is 5.88. The van der Waals surface area contributed by atoms with E-state index in [0.717, 1.165) is 29.4 Å². The predicted octanol–water partition coefficient (Wildman–Crippen LogP) is 4.24. The summed E-state index contributed by atoms with van der Waals surface area (Å²) in [4.78, 5) is 4.50. The molecule has 1 saturated carbocycles. The lowest BCUT2D eigenvalue weighted by Gasteiger charge is -2.22. The Balaban J connectivity index is 1.79. The molecule has 0 atom stereocenters. The zero-order valence-corrected chi connectivity index (χ0v) is 12.1. The van der Waals surface area contributed by atoms with Crippen LogP contribution in [0.15, 0.2) is 30.5 Å². The smallest absolute Gasteiger partial charge is 0.133 e. The molecule has 3 heteroatoms. The zero-order valence-electron chi connectivity index (χ0n) is 12.1. The van der Waals surface area contributed by atoms with E-state index < -0.39 is 0 Å². The lowest BCUT2D eigenvalue weighted by Crippen LogP contribution is -2.17. The van der Waals surface area contributed by atoms with Crippen LogP contribution in [0.2, 0.25) is 0 Å². The Morgan fingerprint density at radius 1 is 1.20 bits per heavy atom. The minimum absolute atomic E-state index is 0.798. The molecule has 1 N–H and O–H groups in total. The van der Waals surface area contributed by atoms with Gasteiger partial charge in [0.15, 0.2) is 0 Å². The third-order valence-corrected chi connectivity index (χ3v) is 4.26. The van der Waals surface area contributed by atoms with Crippen LogP contribution in [0.5, 0.6) is 5.75 Å². The van der Waals surface area contributed by atoms with Crippen molar-refractivity contribution in [2.45, 2.75) is 32.1 Å². The molecule has 20 heavy (non-hydrogen) atoms. The maximum atomic E-state index is 5.32. The molecule has 3 rings (SSSR count). The molecule has 2 aromatic rings. The number of methoxy groups -OCH3 is 1. The van der Waals surface area contributed by atoms with E-state index in [-0.39, 0.29) is 0 Å². The van der Waals surface area contributed by atoms with Crippen LogP contribution in [0.3, 0.4) is 0 Å². The van der Waals surface area contributed by atoms with Gasteiger partial charge in [-0.1, -0.05) is 25.3 Å². The first kappa shape index (κ1) is 13.2. The minimum atomic E-state index is 0.798. The van der Waals surface area contributed by atoms with Gasteiger partial charge in [0.1, 0.15) is 11.6 Å². The van der Waals surface area contributed by atoms with Gasteiger partial charge in [-0.15, -0.1) is 0 Å². The van der Waals surface area contributed by atoms with Gasteiger partial charge < -0.3 is 10.1 Å². The third kappa shape index (κ3) is 2.87. The molecule has 0 aliphatic heterocycles. The number of pyridine rings is 1. The van der Waals surface area contributed by atoms with Crippen LogP contribution in [0.4, 0.5) is 5.82 Å². The molecule has 0 amide bonds. The van der Waals surface area contributed by atoms with E-state index in [1.54, 1.807) is 7.11 Å². The average Bonchev–Trinajstić information content (AvgIpc) is 2.53. The van der Waals surface area contributed by atoms with E-state index in [1.807, 2.05) is 18.3 Å². The summed E-state index contributed by atoms with van der Waals surface area (Å²) in [6.45, 7) is 1.03. The molecule has 0 bridgehead atoms.